The van der Waals surface area contributed by atoms with Gasteiger partial charge in [-0.15, -0.1) is 0 Å². The molecular weight excluding hydrogens is 152 g/mol. The molecule has 0 saturated carbocycles. The number of unbranched alkanes of at least 4 members (excludes halogenated alkanes) is 2. The summed E-state index contributed by atoms with van der Waals surface area (Å²) < 4.78 is 0. The summed E-state index contributed by atoms with van der Waals surface area (Å²) >= 11 is 1.46. The summed E-state index contributed by atoms with van der Waals surface area (Å²) in [5.74, 6) is 0. The van der Waals surface area contributed by atoms with Gasteiger partial charge in [0, 0.05) is 0 Å². The Morgan fingerprint density at radius 3 is 1.67 bits per heavy atom. The molecule has 1 heteroatoms. The average Bonchev–Trinajstić information content (AvgIpc) is 1.89. The Morgan fingerprint density at radius 1 is 0.889 bits per heavy atom. The van der Waals surface area contributed by atoms with Gasteiger partial charge >= 0.3 is 65.1 Å². The van der Waals surface area contributed by atoms with Crippen molar-refractivity contribution in [3.63, 3.8) is 0 Å². The first-order chi connectivity index (χ1) is 4.41. The van der Waals surface area contributed by atoms with E-state index in [2.05, 4.69) is 13.8 Å². The van der Waals surface area contributed by atoms with E-state index in [1.807, 2.05) is 0 Å². The minimum absolute atomic E-state index is 1.37. The van der Waals surface area contributed by atoms with Crippen LogP contribution in [0.3, 0.4) is 0 Å². The maximum absolute atomic E-state index is 2.26. The molecule has 0 spiro atoms. The van der Waals surface area contributed by atoms with Gasteiger partial charge in [-0.25, -0.2) is 0 Å². The van der Waals surface area contributed by atoms with Gasteiger partial charge in [0.2, 0.25) is 0 Å². The van der Waals surface area contributed by atoms with Crippen molar-refractivity contribution in [2.24, 2.45) is 0 Å². The standard InChI is InChI=1S/2C4H9.Fe/c2*1-3-4-2;/h2*1,3-4H2,2H3;. The van der Waals surface area contributed by atoms with Crippen molar-refractivity contribution < 1.29 is 15.0 Å². The molecule has 0 aromatic heterocycles. The average molecular weight is 170 g/mol. The predicted octanol–water partition coefficient (Wildman–Crippen LogP) is 3.51. The van der Waals surface area contributed by atoms with Crippen LogP contribution >= 0.6 is 0 Å². The van der Waals surface area contributed by atoms with E-state index in [9.17, 15) is 0 Å². The molecule has 0 unspecified atom stereocenters. The molecule has 0 fully saturated rings. The van der Waals surface area contributed by atoms with Crippen molar-refractivity contribution in [1.82, 2.24) is 0 Å². The fourth-order valence-electron chi connectivity index (χ4n) is 0.515. The van der Waals surface area contributed by atoms with Gasteiger partial charge in [-0.05, 0) is 0 Å². The van der Waals surface area contributed by atoms with Crippen molar-refractivity contribution >= 4 is 0 Å². The zero-order valence-electron chi connectivity index (χ0n) is 6.60. The third kappa shape index (κ3) is 8.52. The Balaban J connectivity index is 2.60. The minimum atomic E-state index is 1.37. The van der Waals surface area contributed by atoms with Crippen LogP contribution in [0.1, 0.15) is 39.5 Å². The summed E-state index contributed by atoms with van der Waals surface area (Å²) in [6.45, 7) is 4.53. The summed E-state index contributed by atoms with van der Waals surface area (Å²) in [6, 6.07) is 0. The molecule has 0 heterocycles. The molecule has 0 aromatic rings. The van der Waals surface area contributed by atoms with Gasteiger partial charge in [0.1, 0.15) is 0 Å². The fourth-order valence-corrected chi connectivity index (χ4v) is 2.12. The second kappa shape index (κ2) is 8.52. The van der Waals surface area contributed by atoms with Crippen LogP contribution in [0.25, 0.3) is 0 Å². The topological polar surface area (TPSA) is 0 Å². The SMILES string of the molecule is CCC[CH2][Fe][CH2]CCC. The number of hydrogen-bond acceptors (Lipinski definition) is 0. The van der Waals surface area contributed by atoms with Gasteiger partial charge in [-0.1, -0.05) is 0 Å². The van der Waals surface area contributed by atoms with Crippen molar-refractivity contribution in [3.05, 3.63) is 0 Å². The zero-order valence-corrected chi connectivity index (χ0v) is 7.70. The van der Waals surface area contributed by atoms with E-state index in [1.165, 1.54) is 51.3 Å². The van der Waals surface area contributed by atoms with Crippen LogP contribution in [0.2, 0.25) is 10.6 Å². The molecule has 0 aliphatic rings. The summed E-state index contributed by atoms with van der Waals surface area (Å²) in [7, 11) is 0. The second-order valence-electron chi connectivity index (χ2n) is 2.24. The van der Waals surface area contributed by atoms with Crippen molar-refractivity contribution in [2.45, 2.75) is 50.2 Å². The van der Waals surface area contributed by atoms with Gasteiger partial charge in [0.05, 0.1) is 0 Å². The van der Waals surface area contributed by atoms with E-state index in [0.717, 1.165) is 0 Å². The molecule has 0 bridgehead atoms. The molecule has 0 nitrogen and oxygen atoms in total. The van der Waals surface area contributed by atoms with Crippen LogP contribution in [-0.2, 0) is 15.0 Å². The van der Waals surface area contributed by atoms with Crippen LogP contribution in [-0.4, -0.2) is 0 Å². The van der Waals surface area contributed by atoms with Crippen molar-refractivity contribution in [2.75, 3.05) is 0 Å². The maximum atomic E-state index is 2.26. The van der Waals surface area contributed by atoms with Gasteiger partial charge in [0.15, 0.2) is 0 Å². The molecular formula is C8H18Fe. The summed E-state index contributed by atoms with van der Waals surface area (Å²) in [5, 5.41) is 2.91. The Kier molecular flexibility index (Phi) is 9.01. The zero-order chi connectivity index (χ0) is 6.95. The van der Waals surface area contributed by atoms with Gasteiger partial charge in [0.25, 0.3) is 0 Å². The quantitative estimate of drug-likeness (QED) is 0.422. The normalized spacial score (nSPS) is 10.4. The van der Waals surface area contributed by atoms with E-state index >= 15 is 0 Å². The van der Waals surface area contributed by atoms with Gasteiger partial charge < -0.3 is 0 Å². The molecule has 0 amide bonds. The van der Waals surface area contributed by atoms with Gasteiger partial charge in [-0.2, -0.15) is 0 Å². The predicted molar refractivity (Wildman–Crippen MR) is 39.4 cm³/mol. The molecule has 0 N–H and O–H groups in total. The molecule has 0 aliphatic heterocycles. The van der Waals surface area contributed by atoms with Gasteiger partial charge in [-0.3, -0.25) is 0 Å². The van der Waals surface area contributed by atoms with Crippen LogP contribution in [0, 0.1) is 0 Å². The van der Waals surface area contributed by atoms with Crippen molar-refractivity contribution in [3.8, 4) is 0 Å². The van der Waals surface area contributed by atoms with Crippen molar-refractivity contribution in [1.29, 1.82) is 0 Å². The first kappa shape index (κ1) is 9.52. The van der Waals surface area contributed by atoms with E-state index in [1.54, 1.807) is 0 Å². The molecule has 0 rings (SSSR count). The molecule has 0 radical (unpaired) electrons. The fraction of sp³-hybridized carbons (Fsp3) is 1.00. The summed E-state index contributed by atoms with van der Waals surface area (Å²) in [5.41, 5.74) is 0. The monoisotopic (exact) mass is 170 g/mol. The second-order valence-corrected chi connectivity index (χ2v) is 3.89. The first-order valence-corrected chi connectivity index (χ1v) is 5.48. The molecule has 9 heavy (non-hydrogen) atoms. The molecule has 58 valence electrons. The van der Waals surface area contributed by atoms with E-state index in [4.69, 9.17) is 0 Å². The summed E-state index contributed by atoms with van der Waals surface area (Å²) in [6.07, 6.45) is 5.60. The Bertz CT molecular complexity index is 37.8. The molecule has 0 aromatic carbocycles. The van der Waals surface area contributed by atoms with Crippen LogP contribution < -0.4 is 0 Å². The number of rotatable bonds is 6. The first-order valence-electron chi connectivity index (χ1n) is 3.91. The van der Waals surface area contributed by atoms with Crippen LogP contribution in [0.15, 0.2) is 0 Å². The van der Waals surface area contributed by atoms with Crippen LogP contribution in [0.4, 0.5) is 0 Å². The van der Waals surface area contributed by atoms with E-state index < -0.39 is 0 Å². The summed E-state index contributed by atoms with van der Waals surface area (Å²) in [4.78, 5) is 0. The third-order valence-electron chi connectivity index (χ3n) is 1.21. The Labute approximate surface area is 65.6 Å². The number of hydrogen-bond donors (Lipinski definition) is 0. The Hall–Kier alpha value is 0.519. The van der Waals surface area contributed by atoms with E-state index in [0.29, 0.717) is 0 Å². The van der Waals surface area contributed by atoms with Crippen LogP contribution in [0.5, 0.6) is 0 Å². The molecule has 0 atom stereocenters. The van der Waals surface area contributed by atoms with E-state index in [-0.39, 0.29) is 0 Å². The third-order valence-corrected chi connectivity index (χ3v) is 2.77. The molecule has 0 saturated heterocycles. The molecule has 0 aliphatic carbocycles. The Morgan fingerprint density at radius 2 is 1.33 bits per heavy atom.